The minimum atomic E-state index is -0.380. The van der Waals surface area contributed by atoms with Crippen molar-refractivity contribution in [2.24, 2.45) is 0 Å². The molecule has 0 bridgehead atoms. The van der Waals surface area contributed by atoms with Gasteiger partial charge in [0.2, 0.25) is 0 Å². The molecule has 0 saturated heterocycles. The number of urea groups is 1. The predicted octanol–water partition coefficient (Wildman–Crippen LogP) is 3.83. The van der Waals surface area contributed by atoms with Gasteiger partial charge in [0.1, 0.15) is 5.82 Å². The zero-order valence-corrected chi connectivity index (χ0v) is 11.4. The van der Waals surface area contributed by atoms with Crippen LogP contribution in [0.25, 0.3) is 0 Å². The Labute approximate surface area is 122 Å². The Bertz CT molecular complexity index is 672. The number of anilines is 3. The minimum Gasteiger partial charge on any atom is -0.385 e. The van der Waals surface area contributed by atoms with Gasteiger partial charge >= 0.3 is 6.03 Å². The van der Waals surface area contributed by atoms with Crippen molar-refractivity contribution in [1.29, 1.82) is 0 Å². The van der Waals surface area contributed by atoms with Crippen LogP contribution in [0.1, 0.15) is 12.0 Å². The summed E-state index contributed by atoms with van der Waals surface area (Å²) in [7, 11) is 0. The molecule has 3 N–H and O–H groups in total. The summed E-state index contributed by atoms with van der Waals surface area (Å²) in [6.07, 6.45) is 1.97. The SMILES string of the molecule is O=C(Nc1cccc(F)c1)Nc1cccc2c1CCCN2. The third-order valence-electron chi connectivity index (χ3n) is 3.43. The molecule has 3 rings (SSSR count). The lowest BCUT2D eigenvalue weighted by Gasteiger charge is -2.21. The second-order valence-electron chi connectivity index (χ2n) is 4.95. The van der Waals surface area contributed by atoms with E-state index < -0.39 is 0 Å². The quantitative estimate of drug-likeness (QED) is 0.785. The fourth-order valence-corrected chi connectivity index (χ4v) is 2.48. The maximum atomic E-state index is 13.1. The zero-order valence-electron chi connectivity index (χ0n) is 11.4. The standard InChI is InChI=1S/C16H16FN3O/c17-11-4-1-5-12(10-11)19-16(21)20-15-8-2-7-14-13(15)6-3-9-18-14/h1-2,4-5,7-8,10,18H,3,6,9H2,(H2,19,20,21). The van der Waals surface area contributed by atoms with Gasteiger partial charge in [-0.05, 0) is 48.7 Å². The van der Waals surface area contributed by atoms with Crippen molar-refractivity contribution in [3.63, 3.8) is 0 Å². The molecule has 21 heavy (non-hydrogen) atoms. The summed E-state index contributed by atoms with van der Waals surface area (Å²) in [5.74, 6) is -0.380. The molecule has 5 heteroatoms. The van der Waals surface area contributed by atoms with Crippen molar-refractivity contribution in [2.45, 2.75) is 12.8 Å². The summed E-state index contributed by atoms with van der Waals surface area (Å²) in [5.41, 5.74) is 3.38. The Balaban J connectivity index is 1.73. The van der Waals surface area contributed by atoms with E-state index in [1.807, 2.05) is 18.2 Å². The number of hydrogen-bond donors (Lipinski definition) is 3. The third kappa shape index (κ3) is 3.13. The Morgan fingerprint density at radius 1 is 1.14 bits per heavy atom. The Morgan fingerprint density at radius 3 is 2.86 bits per heavy atom. The van der Waals surface area contributed by atoms with Gasteiger partial charge in [0, 0.05) is 23.6 Å². The molecule has 0 spiro atoms. The van der Waals surface area contributed by atoms with Crippen LogP contribution in [0.5, 0.6) is 0 Å². The van der Waals surface area contributed by atoms with Crippen molar-refractivity contribution in [2.75, 3.05) is 22.5 Å². The van der Waals surface area contributed by atoms with Gasteiger partial charge in [-0.3, -0.25) is 0 Å². The number of fused-ring (bicyclic) bond motifs is 1. The van der Waals surface area contributed by atoms with E-state index in [1.165, 1.54) is 12.1 Å². The van der Waals surface area contributed by atoms with E-state index in [0.29, 0.717) is 5.69 Å². The number of nitrogens with one attached hydrogen (secondary N) is 3. The number of hydrogen-bond acceptors (Lipinski definition) is 2. The first-order valence-electron chi connectivity index (χ1n) is 6.92. The van der Waals surface area contributed by atoms with Gasteiger partial charge in [-0.1, -0.05) is 12.1 Å². The molecule has 2 aromatic rings. The van der Waals surface area contributed by atoms with E-state index in [1.54, 1.807) is 12.1 Å². The summed E-state index contributed by atoms with van der Waals surface area (Å²) in [6.45, 7) is 0.950. The van der Waals surface area contributed by atoms with Crippen LogP contribution >= 0.6 is 0 Å². The summed E-state index contributed by atoms with van der Waals surface area (Å²) in [6, 6.07) is 11.2. The molecule has 108 valence electrons. The second kappa shape index (κ2) is 5.83. The molecule has 0 aliphatic carbocycles. The molecule has 0 radical (unpaired) electrons. The van der Waals surface area contributed by atoms with Crippen molar-refractivity contribution in [3.8, 4) is 0 Å². The number of rotatable bonds is 2. The van der Waals surface area contributed by atoms with Crippen LogP contribution in [0.15, 0.2) is 42.5 Å². The summed E-state index contributed by atoms with van der Waals surface area (Å²) < 4.78 is 13.1. The first-order chi connectivity index (χ1) is 10.2. The highest BCUT2D eigenvalue weighted by Gasteiger charge is 2.14. The average molecular weight is 285 g/mol. The largest absolute Gasteiger partial charge is 0.385 e. The minimum absolute atomic E-state index is 0.375. The molecular formula is C16H16FN3O. The Hall–Kier alpha value is -2.56. The van der Waals surface area contributed by atoms with Crippen LogP contribution in [0, 0.1) is 5.82 Å². The fraction of sp³-hybridized carbons (Fsp3) is 0.188. The number of carbonyl (C=O) groups excluding carboxylic acids is 1. The van der Waals surface area contributed by atoms with Gasteiger partial charge < -0.3 is 16.0 Å². The van der Waals surface area contributed by atoms with Crippen molar-refractivity contribution < 1.29 is 9.18 Å². The van der Waals surface area contributed by atoms with E-state index in [2.05, 4.69) is 16.0 Å². The first-order valence-corrected chi connectivity index (χ1v) is 6.92. The second-order valence-corrected chi connectivity index (χ2v) is 4.95. The van der Waals surface area contributed by atoms with E-state index in [9.17, 15) is 9.18 Å². The molecule has 1 heterocycles. The van der Waals surface area contributed by atoms with Crippen LogP contribution in [0.3, 0.4) is 0 Å². The molecule has 1 aliphatic rings. The highest BCUT2D eigenvalue weighted by molar-refractivity contribution is 6.00. The molecule has 0 atom stereocenters. The van der Waals surface area contributed by atoms with Crippen molar-refractivity contribution in [1.82, 2.24) is 0 Å². The Morgan fingerprint density at radius 2 is 2.00 bits per heavy atom. The molecule has 0 saturated carbocycles. The summed E-state index contributed by atoms with van der Waals surface area (Å²) in [4.78, 5) is 12.0. The van der Waals surface area contributed by atoms with Crippen molar-refractivity contribution >= 4 is 23.1 Å². The predicted molar refractivity (Wildman–Crippen MR) is 82.3 cm³/mol. The van der Waals surface area contributed by atoms with E-state index in [4.69, 9.17) is 0 Å². The van der Waals surface area contributed by atoms with Crippen LogP contribution in [-0.2, 0) is 6.42 Å². The monoisotopic (exact) mass is 285 g/mol. The van der Waals surface area contributed by atoms with Crippen LogP contribution < -0.4 is 16.0 Å². The molecule has 0 fully saturated rings. The van der Waals surface area contributed by atoms with Crippen LogP contribution in [0.2, 0.25) is 0 Å². The number of halogens is 1. The molecular weight excluding hydrogens is 269 g/mol. The molecule has 2 amide bonds. The lowest BCUT2D eigenvalue weighted by Crippen LogP contribution is -2.22. The zero-order chi connectivity index (χ0) is 14.7. The van der Waals surface area contributed by atoms with Gasteiger partial charge in [0.15, 0.2) is 0 Å². The molecule has 1 aliphatic heterocycles. The normalized spacial score (nSPS) is 13.0. The molecule has 2 aromatic carbocycles. The fourth-order valence-electron chi connectivity index (χ4n) is 2.48. The lowest BCUT2D eigenvalue weighted by molar-refractivity contribution is 0.262. The van der Waals surface area contributed by atoms with E-state index >= 15 is 0 Å². The van der Waals surface area contributed by atoms with Gasteiger partial charge in [0.05, 0.1) is 0 Å². The summed E-state index contributed by atoms with van der Waals surface area (Å²) >= 11 is 0. The average Bonchev–Trinajstić information content (AvgIpc) is 2.47. The van der Waals surface area contributed by atoms with Gasteiger partial charge in [-0.25, -0.2) is 9.18 Å². The highest BCUT2D eigenvalue weighted by Crippen LogP contribution is 2.28. The molecule has 4 nitrogen and oxygen atoms in total. The maximum absolute atomic E-state index is 13.1. The Kier molecular flexibility index (Phi) is 3.73. The molecule has 0 unspecified atom stereocenters. The first kappa shape index (κ1) is 13.4. The van der Waals surface area contributed by atoms with Gasteiger partial charge in [-0.15, -0.1) is 0 Å². The van der Waals surface area contributed by atoms with Crippen LogP contribution in [-0.4, -0.2) is 12.6 Å². The summed E-state index contributed by atoms with van der Waals surface area (Å²) in [5, 5.41) is 8.77. The molecule has 0 aromatic heterocycles. The topological polar surface area (TPSA) is 53.2 Å². The van der Waals surface area contributed by atoms with Gasteiger partial charge in [0.25, 0.3) is 0 Å². The maximum Gasteiger partial charge on any atom is 0.323 e. The number of amides is 2. The smallest absolute Gasteiger partial charge is 0.323 e. The van der Waals surface area contributed by atoms with Crippen molar-refractivity contribution in [3.05, 3.63) is 53.8 Å². The number of carbonyl (C=O) groups is 1. The van der Waals surface area contributed by atoms with E-state index in [-0.39, 0.29) is 11.8 Å². The number of benzene rings is 2. The van der Waals surface area contributed by atoms with Crippen LogP contribution in [0.4, 0.5) is 26.2 Å². The van der Waals surface area contributed by atoms with E-state index in [0.717, 1.165) is 36.3 Å². The lowest BCUT2D eigenvalue weighted by atomic mass is 10.0. The highest BCUT2D eigenvalue weighted by atomic mass is 19.1. The third-order valence-corrected chi connectivity index (χ3v) is 3.43. The van der Waals surface area contributed by atoms with Gasteiger partial charge in [-0.2, -0.15) is 0 Å².